The molecule has 0 saturated heterocycles. The Hall–Kier alpha value is -0.810. The van der Waals surface area contributed by atoms with Crippen molar-refractivity contribution >= 4 is 39.7 Å². The summed E-state index contributed by atoms with van der Waals surface area (Å²) < 4.78 is 30.4. The first-order valence-corrected chi connectivity index (χ1v) is 9.20. The van der Waals surface area contributed by atoms with Crippen molar-refractivity contribution < 1.29 is 18.1 Å². The maximum Gasteiger partial charge on any atom is 0.587 e. The Labute approximate surface area is 140 Å². The van der Waals surface area contributed by atoms with E-state index in [0.29, 0.717) is 11.5 Å². The number of phosphoric acid groups is 1. The summed E-state index contributed by atoms with van der Waals surface area (Å²) in [6.45, 7) is 1.94. The molecule has 2 rings (SSSR count). The van der Waals surface area contributed by atoms with Crippen molar-refractivity contribution in [3.05, 3.63) is 57.5 Å². The number of hydrogen-bond acceptors (Lipinski definition) is 4. The molecule has 0 aliphatic carbocycles. The molecule has 0 unspecified atom stereocenters. The minimum Gasteiger partial charge on any atom is -0.395 e. The van der Waals surface area contributed by atoms with E-state index < -0.39 is 7.82 Å². The molecule has 0 aliphatic rings. The molecule has 0 heterocycles. The van der Waals surface area contributed by atoms with Crippen LogP contribution < -0.4 is 9.05 Å². The molecule has 0 radical (unpaired) electrons. The Bertz CT molecular complexity index is 577. The third-order valence-corrected chi connectivity index (χ3v) is 4.85. The normalized spacial score (nSPS) is 11.2. The van der Waals surface area contributed by atoms with Crippen molar-refractivity contribution in [1.29, 1.82) is 0 Å². The van der Waals surface area contributed by atoms with Crippen LogP contribution in [0.5, 0.6) is 11.5 Å². The maximum absolute atomic E-state index is 12.6. The van der Waals surface area contributed by atoms with E-state index >= 15 is 0 Å². The lowest BCUT2D eigenvalue weighted by Crippen LogP contribution is -2.04. The van der Waals surface area contributed by atoms with Gasteiger partial charge in [-0.25, -0.2) is 4.57 Å². The summed E-state index contributed by atoms with van der Waals surface area (Å²) in [5, 5.41) is 0. The summed E-state index contributed by atoms with van der Waals surface area (Å²) in [7, 11) is -3.72. The second-order valence-electron chi connectivity index (χ2n) is 3.96. The van der Waals surface area contributed by atoms with Gasteiger partial charge in [0.1, 0.15) is 11.5 Å². The van der Waals surface area contributed by atoms with Crippen LogP contribution in [0.1, 0.15) is 6.92 Å². The molecule has 21 heavy (non-hydrogen) atoms. The fourth-order valence-electron chi connectivity index (χ4n) is 1.48. The fourth-order valence-corrected chi connectivity index (χ4v) is 3.23. The molecule has 0 N–H and O–H groups in total. The van der Waals surface area contributed by atoms with E-state index in [1.807, 2.05) is 0 Å². The minimum absolute atomic E-state index is 0.213. The van der Waals surface area contributed by atoms with E-state index in [-0.39, 0.29) is 6.61 Å². The molecule has 0 saturated carbocycles. The molecule has 0 aromatic heterocycles. The van der Waals surface area contributed by atoms with E-state index in [1.54, 1.807) is 55.5 Å². The second kappa shape index (κ2) is 7.45. The first-order chi connectivity index (χ1) is 10.0. The van der Waals surface area contributed by atoms with Gasteiger partial charge in [0.25, 0.3) is 0 Å². The number of phosphoric ester groups is 1. The maximum atomic E-state index is 12.6. The highest BCUT2D eigenvalue weighted by molar-refractivity contribution is 9.10. The lowest BCUT2D eigenvalue weighted by Gasteiger charge is -2.18. The molecule has 2 aromatic carbocycles. The Balaban J connectivity index is 2.17. The fraction of sp³-hybridized carbons (Fsp3) is 0.143. The van der Waals surface area contributed by atoms with Crippen LogP contribution >= 0.6 is 39.7 Å². The summed E-state index contributed by atoms with van der Waals surface area (Å²) in [5.74, 6) is 0.819. The number of halogens is 2. The van der Waals surface area contributed by atoms with Gasteiger partial charge in [0.05, 0.1) is 6.61 Å². The number of rotatable bonds is 6. The zero-order valence-electron chi connectivity index (χ0n) is 11.2. The average molecular weight is 436 g/mol. The molecule has 0 spiro atoms. The van der Waals surface area contributed by atoms with Gasteiger partial charge in [-0.3, -0.25) is 4.52 Å². The van der Waals surface area contributed by atoms with E-state index in [2.05, 4.69) is 31.9 Å². The standard InChI is InChI=1S/C14H13Br2O4P/c1-2-18-21(17,19-13-7-3-11(15)4-8-13)20-14-9-5-12(16)6-10-14/h3-10H,2H2,1H3. The Morgan fingerprint density at radius 1 is 0.857 bits per heavy atom. The molecule has 112 valence electrons. The predicted octanol–water partition coefficient (Wildman–Crippen LogP) is 5.81. The monoisotopic (exact) mass is 434 g/mol. The van der Waals surface area contributed by atoms with Crippen LogP contribution in [0.2, 0.25) is 0 Å². The minimum atomic E-state index is -3.72. The lowest BCUT2D eigenvalue weighted by atomic mass is 10.3. The van der Waals surface area contributed by atoms with Gasteiger partial charge in [-0.2, -0.15) is 0 Å². The Morgan fingerprint density at radius 2 is 1.24 bits per heavy atom. The van der Waals surface area contributed by atoms with Crippen molar-refractivity contribution in [3.8, 4) is 11.5 Å². The largest absolute Gasteiger partial charge is 0.587 e. The first-order valence-electron chi connectivity index (χ1n) is 6.16. The van der Waals surface area contributed by atoms with Gasteiger partial charge in [0, 0.05) is 8.95 Å². The van der Waals surface area contributed by atoms with Crippen LogP contribution in [0, 0.1) is 0 Å². The highest BCUT2D eigenvalue weighted by Gasteiger charge is 2.30. The molecular weight excluding hydrogens is 423 g/mol. The van der Waals surface area contributed by atoms with E-state index in [4.69, 9.17) is 13.6 Å². The lowest BCUT2D eigenvalue weighted by molar-refractivity contribution is 0.219. The smallest absolute Gasteiger partial charge is 0.395 e. The summed E-state index contributed by atoms with van der Waals surface area (Å²) in [6, 6.07) is 13.9. The highest BCUT2D eigenvalue weighted by Crippen LogP contribution is 2.49. The van der Waals surface area contributed by atoms with Gasteiger partial charge in [-0.15, -0.1) is 0 Å². The van der Waals surface area contributed by atoms with Crippen LogP contribution in [0.25, 0.3) is 0 Å². The molecule has 7 heteroatoms. The molecule has 4 nitrogen and oxygen atoms in total. The molecule has 0 fully saturated rings. The summed E-state index contributed by atoms with van der Waals surface area (Å²) in [5.41, 5.74) is 0. The number of benzene rings is 2. The van der Waals surface area contributed by atoms with Gasteiger partial charge in [-0.1, -0.05) is 31.9 Å². The Kier molecular flexibility index (Phi) is 5.88. The highest BCUT2D eigenvalue weighted by atomic mass is 79.9. The average Bonchev–Trinajstić information content (AvgIpc) is 2.44. The SMILES string of the molecule is CCOP(=O)(Oc1ccc(Br)cc1)Oc1ccc(Br)cc1. The predicted molar refractivity (Wildman–Crippen MR) is 88.8 cm³/mol. The van der Waals surface area contributed by atoms with Crippen molar-refractivity contribution in [3.63, 3.8) is 0 Å². The Morgan fingerprint density at radius 3 is 1.57 bits per heavy atom. The van der Waals surface area contributed by atoms with Gasteiger partial charge in [-0.05, 0) is 55.5 Å². The van der Waals surface area contributed by atoms with Crippen LogP contribution in [0.3, 0.4) is 0 Å². The van der Waals surface area contributed by atoms with Crippen LogP contribution in [-0.4, -0.2) is 6.61 Å². The van der Waals surface area contributed by atoms with Crippen molar-refractivity contribution in [2.24, 2.45) is 0 Å². The third-order valence-electron chi connectivity index (χ3n) is 2.35. The second-order valence-corrected chi connectivity index (χ2v) is 7.30. The van der Waals surface area contributed by atoms with E-state index in [1.165, 1.54) is 0 Å². The van der Waals surface area contributed by atoms with Crippen molar-refractivity contribution in [2.75, 3.05) is 6.61 Å². The molecule has 0 aliphatic heterocycles. The van der Waals surface area contributed by atoms with Crippen LogP contribution in [0.4, 0.5) is 0 Å². The van der Waals surface area contributed by atoms with Gasteiger partial charge < -0.3 is 9.05 Å². The van der Waals surface area contributed by atoms with Gasteiger partial charge in [0.15, 0.2) is 0 Å². The van der Waals surface area contributed by atoms with Crippen molar-refractivity contribution in [2.45, 2.75) is 6.92 Å². The summed E-state index contributed by atoms with van der Waals surface area (Å²) in [4.78, 5) is 0. The van der Waals surface area contributed by atoms with Gasteiger partial charge >= 0.3 is 7.82 Å². The van der Waals surface area contributed by atoms with E-state index in [9.17, 15) is 4.57 Å². The van der Waals surface area contributed by atoms with E-state index in [0.717, 1.165) is 8.95 Å². The molecule has 0 bridgehead atoms. The number of hydrogen-bond donors (Lipinski definition) is 0. The molecule has 2 aromatic rings. The van der Waals surface area contributed by atoms with Crippen molar-refractivity contribution in [1.82, 2.24) is 0 Å². The first kappa shape index (κ1) is 16.6. The molecule has 0 atom stereocenters. The zero-order valence-corrected chi connectivity index (χ0v) is 15.2. The quantitative estimate of drug-likeness (QED) is 0.536. The van der Waals surface area contributed by atoms with Crippen LogP contribution in [0.15, 0.2) is 57.5 Å². The topological polar surface area (TPSA) is 44.8 Å². The molecule has 0 amide bonds. The molecular formula is C14H13Br2O4P. The van der Waals surface area contributed by atoms with Crippen LogP contribution in [-0.2, 0) is 9.09 Å². The summed E-state index contributed by atoms with van der Waals surface area (Å²) >= 11 is 6.65. The summed E-state index contributed by atoms with van der Waals surface area (Å²) in [6.07, 6.45) is 0. The third kappa shape index (κ3) is 5.15. The van der Waals surface area contributed by atoms with Gasteiger partial charge in [0.2, 0.25) is 0 Å². The zero-order chi connectivity index (χ0) is 15.3.